The molecule has 0 saturated heterocycles. The van der Waals surface area contributed by atoms with Crippen LogP contribution in [0.1, 0.15) is 5.56 Å². The summed E-state index contributed by atoms with van der Waals surface area (Å²) in [6.07, 6.45) is 1.95. The molecule has 2 aromatic rings. The van der Waals surface area contributed by atoms with E-state index in [-0.39, 0.29) is 12.5 Å². The molecule has 0 aliphatic rings. The van der Waals surface area contributed by atoms with Crippen molar-refractivity contribution < 1.29 is 9.53 Å². The molecule has 16 heavy (non-hydrogen) atoms. The first-order valence-corrected chi connectivity index (χ1v) is 5.14. The van der Waals surface area contributed by atoms with Crippen LogP contribution < -0.4 is 5.32 Å². The Bertz CT molecular complexity index is 490. The molecule has 0 bridgehead atoms. The van der Waals surface area contributed by atoms with Crippen LogP contribution in [0.3, 0.4) is 0 Å². The Morgan fingerprint density at radius 2 is 2.25 bits per heavy atom. The lowest BCUT2D eigenvalue weighted by Crippen LogP contribution is -2.23. The van der Waals surface area contributed by atoms with Gasteiger partial charge in [0.2, 0.25) is 0 Å². The summed E-state index contributed by atoms with van der Waals surface area (Å²) < 4.78 is 4.55. The number of H-pyrrole nitrogens is 1. The average Bonchev–Trinajstić information content (AvgIpc) is 2.73. The van der Waals surface area contributed by atoms with Crippen molar-refractivity contribution in [3.8, 4) is 0 Å². The molecule has 1 aromatic heterocycles. The number of aromatic nitrogens is 1. The molecule has 1 heterocycles. The number of nitrogens with one attached hydrogen (secondary N) is 2. The van der Waals surface area contributed by atoms with Gasteiger partial charge in [-0.1, -0.05) is 18.2 Å². The van der Waals surface area contributed by atoms with Crippen LogP contribution in [0.15, 0.2) is 30.5 Å². The van der Waals surface area contributed by atoms with Gasteiger partial charge in [0, 0.05) is 23.6 Å². The molecule has 1 aromatic carbocycles. The Kier molecular flexibility index (Phi) is 3.22. The van der Waals surface area contributed by atoms with Gasteiger partial charge in [-0.2, -0.15) is 0 Å². The van der Waals surface area contributed by atoms with E-state index in [1.54, 1.807) is 0 Å². The Morgan fingerprint density at radius 3 is 3.06 bits per heavy atom. The minimum atomic E-state index is -0.250. The Hall–Kier alpha value is -1.81. The lowest BCUT2D eigenvalue weighted by molar-refractivity contribution is -0.139. The molecular formula is C12H14N2O2. The second-order valence-electron chi connectivity index (χ2n) is 3.54. The summed E-state index contributed by atoms with van der Waals surface area (Å²) >= 11 is 0. The van der Waals surface area contributed by atoms with Crippen LogP contribution in [0.2, 0.25) is 0 Å². The maximum Gasteiger partial charge on any atom is 0.319 e. The minimum Gasteiger partial charge on any atom is -0.468 e. The van der Waals surface area contributed by atoms with E-state index in [0.717, 1.165) is 11.1 Å². The highest BCUT2D eigenvalue weighted by molar-refractivity contribution is 5.83. The van der Waals surface area contributed by atoms with Gasteiger partial charge < -0.3 is 15.0 Å². The van der Waals surface area contributed by atoms with Gasteiger partial charge in [0.05, 0.1) is 13.7 Å². The molecule has 0 aliphatic carbocycles. The first-order chi connectivity index (χ1) is 7.81. The van der Waals surface area contributed by atoms with Gasteiger partial charge in [-0.05, 0) is 11.6 Å². The number of esters is 1. The van der Waals surface area contributed by atoms with E-state index in [1.807, 2.05) is 24.4 Å². The molecule has 0 spiro atoms. The van der Waals surface area contributed by atoms with Crippen molar-refractivity contribution in [2.24, 2.45) is 0 Å². The number of hydrogen-bond acceptors (Lipinski definition) is 3. The van der Waals surface area contributed by atoms with Crippen LogP contribution in [0.4, 0.5) is 0 Å². The lowest BCUT2D eigenvalue weighted by Gasteiger charge is -2.02. The number of rotatable bonds is 4. The van der Waals surface area contributed by atoms with Crippen molar-refractivity contribution in [2.75, 3.05) is 13.7 Å². The molecule has 4 nitrogen and oxygen atoms in total. The molecule has 0 fully saturated rings. The van der Waals surface area contributed by atoms with E-state index >= 15 is 0 Å². The van der Waals surface area contributed by atoms with Crippen LogP contribution in [-0.4, -0.2) is 24.6 Å². The topological polar surface area (TPSA) is 54.1 Å². The first kappa shape index (κ1) is 10.7. The highest BCUT2D eigenvalue weighted by atomic mass is 16.5. The molecule has 2 N–H and O–H groups in total. The van der Waals surface area contributed by atoms with E-state index in [0.29, 0.717) is 6.54 Å². The molecule has 0 saturated carbocycles. The third-order valence-corrected chi connectivity index (χ3v) is 2.49. The van der Waals surface area contributed by atoms with E-state index in [1.165, 1.54) is 12.5 Å². The molecule has 0 unspecified atom stereocenters. The smallest absolute Gasteiger partial charge is 0.319 e. The minimum absolute atomic E-state index is 0.232. The highest BCUT2D eigenvalue weighted by Crippen LogP contribution is 2.16. The second-order valence-corrected chi connectivity index (χ2v) is 3.54. The number of fused-ring (bicyclic) bond motifs is 1. The Labute approximate surface area is 93.6 Å². The summed E-state index contributed by atoms with van der Waals surface area (Å²) in [6.45, 7) is 0.884. The Balaban J connectivity index is 2.02. The Morgan fingerprint density at radius 1 is 1.44 bits per heavy atom. The zero-order valence-electron chi connectivity index (χ0n) is 9.12. The number of carbonyl (C=O) groups is 1. The second kappa shape index (κ2) is 4.81. The molecule has 0 aliphatic heterocycles. The molecular weight excluding hydrogens is 204 g/mol. The third kappa shape index (κ3) is 2.23. The van der Waals surface area contributed by atoms with E-state index in [9.17, 15) is 4.79 Å². The summed E-state index contributed by atoms with van der Waals surface area (Å²) in [6, 6.07) is 8.07. The largest absolute Gasteiger partial charge is 0.468 e. The molecule has 84 valence electrons. The lowest BCUT2D eigenvalue weighted by atomic mass is 10.2. The van der Waals surface area contributed by atoms with Gasteiger partial charge >= 0.3 is 5.97 Å². The van der Waals surface area contributed by atoms with Crippen molar-refractivity contribution in [1.82, 2.24) is 10.3 Å². The molecule has 2 rings (SSSR count). The predicted molar refractivity (Wildman–Crippen MR) is 62.0 cm³/mol. The number of ether oxygens (including phenoxy) is 1. The van der Waals surface area contributed by atoms with Crippen LogP contribution in [0.5, 0.6) is 0 Å². The van der Waals surface area contributed by atoms with Gasteiger partial charge in [0.25, 0.3) is 0 Å². The average molecular weight is 218 g/mol. The van der Waals surface area contributed by atoms with Gasteiger partial charge in [-0.15, -0.1) is 0 Å². The maximum absolute atomic E-state index is 10.9. The fraction of sp³-hybridized carbons (Fsp3) is 0.250. The van der Waals surface area contributed by atoms with Crippen molar-refractivity contribution >= 4 is 16.9 Å². The van der Waals surface area contributed by atoms with Crippen molar-refractivity contribution in [3.63, 3.8) is 0 Å². The van der Waals surface area contributed by atoms with E-state index in [2.05, 4.69) is 21.1 Å². The molecule has 0 radical (unpaired) electrons. The molecule has 4 heteroatoms. The fourth-order valence-electron chi connectivity index (χ4n) is 1.65. The standard InChI is InChI=1S/C12H14N2O2/c1-16-12(15)8-13-6-9-7-14-11-5-3-2-4-10(9)11/h2-5,7,13-14H,6,8H2,1H3. The van der Waals surface area contributed by atoms with Crippen molar-refractivity contribution in [2.45, 2.75) is 6.54 Å². The van der Waals surface area contributed by atoms with Crippen LogP contribution in [0.25, 0.3) is 10.9 Å². The van der Waals surface area contributed by atoms with Gasteiger partial charge in [-0.25, -0.2) is 0 Å². The number of para-hydroxylation sites is 1. The van der Waals surface area contributed by atoms with Crippen LogP contribution in [-0.2, 0) is 16.1 Å². The number of carbonyl (C=O) groups excluding carboxylic acids is 1. The predicted octanol–water partition coefficient (Wildman–Crippen LogP) is 1.43. The summed E-state index contributed by atoms with van der Waals surface area (Å²) in [4.78, 5) is 14.1. The van der Waals surface area contributed by atoms with E-state index in [4.69, 9.17) is 0 Å². The zero-order chi connectivity index (χ0) is 11.4. The third-order valence-electron chi connectivity index (χ3n) is 2.49. The number of hydrogen-bond donors (Lipinski definition) is 2. The number of benzene rings is 1. The van der Waals surface area contributed by atoms with Crippen molar-refractivity contribution in [1.29, 1.82) is 0 Å². The number of aromatic amines is 1. The summed E-state index contributed by atoms with van der Waals surface area (Å²) in [5.41, 5.74) is 2.26. The van der Waals surface area contributed by atoms with Crippen LogP contribution in [0, 0.1) is 0 Å². The monoisotopic (exact) mass is 218 g/mol. The number of methoxy groups -OCH3 is 1. The zero-order valence-corrected chi connectivity index (χ0v) is 9.12. The first-order valence-electron chi connectivity index (χ1n) is 5.14. The summed E-state index contributed by atoms with van der Waals surface area (Å²) in [5.74, 6) is -0.250. The normalized spacial score (nSPS) is 10.6. The quantitative estimate of drug-likeness (QED) is 0.763. The molecule has 0 amide bonds. The maximum atomic E-state index is 10.9. The van der Waals surface area contributed by atoms with Gasteiger partial charge in [-0.3, -0.25) is 4.79 Å². The highest BCUT2D eigenvalue weighted by Gasteiger charge is 2.03. The van der Waals surface area contributed by atoms with Crippen LogP contribution >= 0.6 is 0 Å². The summed E-state index contributed by atoms with van der Waals surface area (Å²) in [5, 5.41) is 4.22. The van der Waals surface area contributed by atoms with Crippen molar-refractivity contribution in [3.05, 3.63) is 36.0 Å². The fourth-order valence-corrected chi connectivity index (χ4v) is 1.65. The molecule has 0 atom stereocenters. The van der Waals surface area contributed by atoms with Gasteiger partial charge in [0.1, 0.15) is 0 Å². The van der Waals surface area contributed by atoms with E-state index < -0.39 is 0 Å². The summed E-state index contributed by atoms with van der Waals surface area (Å²) in [7, 11) is 1.38. The SMILES string of the molecule is COC(=O)CNCc1c[nH]c2ccccc12. The van der Waals surface area contributed by atoms with Gasteiger partial charge in [0.15, 0.2) is 0 Å².